The van der Waals surface area contributed by atoms with Crippen molar-refractivity contribution >= 4 is 11.7 Å². The second-order valence-electron chi connectivity index (χ2n) is 6.75. The maximum atomic E-state index is 14.1. The number of aliphatic hydroxyl groups excluding tert-OH is 1. The first-order valence-electron chi connectivity index (χ1n) is 8.80. The molecule has 2 atom stereocenters. The van der Waals surface area contributed by atoms with Crippen LogP contribution in [0, 0.1) is 11.7 Å². The van der Waals surface area contributed by atoms with E-state index in [1.165, 1.54) is 6.07 Å². The van der Waals surface area contributed by atoms with Crippen LogP contribution in [-0.2, 0) is 0 Å². The molecule has 24 heavy (non-hydrogen) atoms. The van der Waals surface area contributed by atoms with Gasteiger partial charge in [-0.25, -0.2) is 9.18 Å². The number of hydrogen-bond donors (Lipinski definition) is 3. The van der Waals surface area contributed by atoms with Crippen molar-refractivity contribution in [3.8, 4) is 5.75 Å². The second-order valence-corrected chi connectivity index (χ2v) is 6.75. The van der Waals surface area contributed by atoms with E-state index in [2.05, 4.69) is 10.6 Å². The molecule has 2 amide bonds. The van der Waals surface area contributed by atoms with Crippen LogP contribution in [0.1, 0.15) is 44.9 Å². The van der Waals surface area contributed by atoms with E-state index in [4.69, 9.17) is 4.74 Å². The number of hydrogen-bond acceptors (Lipinski definition) is 3. The summed E-state index contributed by atoms with van der Waals surface area (Å²) < 4.78 is 19.6. The van der Waals surface area contributed by atoms with Crippen LogP contribution in [-0.4, -0.2) is 29.9 Å². The number of benzene rings is 1. The predicted octanol–water partition coefficient (Wildman–Crippen LogP) is 3.43. The number of amides is 2. The molecule has 2 unspecified atom stereocenters. The van der Waals surface area contributed by atoms with E-state index in [-0.39, 0.29) is 36.5 Å². The lowest BCUT2D eigenvalue weighted by Crippen LogP contribution is -2.45. The molecule has 2 aliphatic rings. The van der Waals surface area contributed by atoms with Gasteiger partial charge in [-0.1, -0.05) is 12.8 Å². The zero-order chi connectivity index (χ0) is 16.9. The van der Waals surface area contributed by atoms with E-state index in [1.54, 1.807) is 12.1 Å². The Morgan fingerprint density at radius 1 is 1.21 bits per heavy atom. The van der Waals surface area contributed by atoms with Crippen molar-refractivity contribution in [3.05, 3.63) is 24.0 Å². The zero-order valence-electron chi connectivity index (χ0n) is 13.8. The Kier molecular flexibility index (Phi) is 5.56. The molecule has 132 valence electrons. The van der Waals surface area contributed by atoms with E-state index < -0.39 is 5.82 Å². The first-order valence-corrected chi connectivity index (χ1v) is 8.80. The smallest absolute Gasteiger partial charge is 0.319 e. The number of carbonyl (C=O) groups excluding carboxylic acids is 1. The highest BCUT2D eigenvalue weighted by atomic mass is 19.1. The van der Waals surface area contributed by atoms with Gasteiger partial charge in [0.2, 0.25) is 0 Å². The van der Waals surface area contributed by atoms with Gasteiger partial charge in [-0.3, -0.25) is 0 Å². The summed E-state index contributed by atoms with van der Waals surface area (Å²) in [6, 6.07) is 4.07. The summed E-state index contributed by atoms with van der Waals surface area (Å²) in [6.45, 7) is 0.0762. The van der Waals surface area contributed by atoms with Crippen molar-refractivity contribution < 1.29 is 19.0 Å². The van der Waals surface area contributed by atoms with E-state index in [0.717, 1.165) is 44.9 Å². The van der Waals surface area contributed by atoms with Crippen molar-refractivity contribution in [2.75, 3.05) is 11.9 Å². The number of halogens is 1. The summed E-state index contributed by atoms with van der Waals surface area (Å²) in [5.41, 5.74) is 0.391. The van der Waals surface area contributed by atoms with Crippen molar-refractivity contribution in [3.63, 3.8) is 0 Å². The van der Waals surface area contributed by atoms with E-state index in [9.17, 15) is 14.3 Å². The fraction of sp³-hybridized carbons (Fsp3) is 0.611. The van der Waals surface area contributed by atoms with Crippen LogP contribution >= 0.6 is 0 Å². The average Bonchev–Trinajstić information content (AvgIpc) is 2.53. The third-order valence-corrected chi connectivity index (χ3v) is 5.00. The van der Waals surface area contributed by atoms with Crippen LogP contribution in [0.3, 0.4) is 0 Å². The highest BCUT2D eigenvalue weighted by Gasteiger charge is 2.26. The molecule has 1 aromatic carbocycles. The summed E-state index contributed by atoms with van der Waals surface area (Å²) in [4.78, 5) is 12.1. The van der Waals surface area contributed by atoms with Gasteiger partial charge in [-0.15, -0.1) is 0 Å². The van der Waals surface area contributed by atoms with Gasteiger partial charge in [0.25, 0.3) is 0 Å². The Bertz CT molecular complexity index is 577. The molecular weight excluding hydrogens is 311 g/mol. The Labute approximate surface area is 141 Å². The average molecular weight is 336 g/mol. The minimum atomic E-state index is -0.467. The standard InChI is InChI=1S/C18H25FN2O3/c19-15-10-13(8-9-17(15)24-14-5-3-6-14)20-18(23)21-16-7-2-1-4-12(16)11-22/h8-10,12,14,16,22H,1-7,11H2,(H2,20,21,23). The highest BCUT2D eigenvalue weighted by Crippen LogP contribution is 2.28. The first kappa shape index (κ1) is 17.0. The zero-order valence-corrected chi connectivity index (χ0v) is 13.8. The molecule has 0 aliphatic heterocycles. The fourth-order valence-corrected chi connectivity index (χ4v) is 3.29. The van der Waals surface area contributed by atoms with Crippen molar-refractivity contribution in [1.29, 1.82) is 0 Å². The molecule has 0 heterocycles. The van der Waals surface area contributed by atoms with E-state index in [1.807, 2.05) is 0 Å². The number of carbonyl (C=O) groups is 1. The third kappa shape index (κ3) is 4.17. The molecule has 5 nitrogen and oxygen atoms in total. The Hall–Kier alpha value is -1.82. The summed E-state index contributed by atoms with van der Waals surface area (Å²) >= 11 is 0. The molecule has 6 heteroatoms. The Morgan fingerprint density at radius 2 is 2.00 bits per heavy atom. The van der Waals surface area contributed by atoms with Gasteiger partial charge >= 0.3 is 6.03 Å². The molecule has 1 aromatic rings. The predicted molar refractivity (Wildman–Crippen MR) is 89.7 cm³/mol. The molecule has 2 aliphatic carbocycles. The van der Waals surface area contributed by atoms with Gasteiger partial charge in [-0.05, 0) is 44.2 Å². The molecular formula is C18H25FN2O3. The number of rotatable bonds is 5. The normalized spacial score (nSPS) is 24.1. The fourth-order valence-electron chi connectivity index (χ4n) is 3.29. The maximum absolute atomic E-state index is 14.1. The lowest BCUT2D eigenvalue weighted by atomic mass is 9.85. The summed E-state index contributed by atoms with van der Waals surface area (Å²) in [6.07, 6.45) is 7.09. The van der Waals surface area contributed by atoms with Gasteiger partial charge < -0.3 is 20.5 Å². The minimum Gasteiger partial charge on any atom is -0.487 e. The summed E-state index contributed by atoms with van der Waals surface area (Å²) in [7, 11) is 0. The van der Waals surface area contributed by atoms with E-state index in [0.29, 0.717) is 5.69 Å². The maximum Gasteiger partial charge on any atom is 0.319 e. The van der Waals surface area contributed by atoms with Gasteiger partial charge in [0.05, 0.1) is 6.10 Å². The van der Waals surface area contributed by atoms with E-state index >= 15 is 0 Å². The number of ether oxygens (including phenoxy) is 1. The molecule has 0 saturated heterocycles. The number of urea groups is 1. The second kappa shape index (κ2) is 7.83. The van der Waals surface area contributed by atoms with Gasteiger partial charge in [-0.2, -0.15) is 0 Å². The molecule has 0 aromatic heterocycles. The van der Waals surface area contributed by atoms with Crippen LogP contribution < -0.4 is 15.4 Å². The summed E-state index contributed by atoms with van der Waals surface area (Å²) in [5, 5.41) is 14.9. The van der Waals surface area contributed by atoms with Crippen LogP contribution in [0.5, 0.6) is 5.75 Å². The van der Waals surface area contributed by atoms with Gasteiger partial charge in [0.1, 0.15) is 0 Å². The van der Waals surface area contributed by atoms with Crippen molar-refractivity contribution in [2.24, 2.45) is 5.92 Å². The molecule has 2 saturated carbocycles. The molecule has 0 spiro atoms. The SMILES string of the molecule is O=C(Nc1ccc(OC2CCC2)c(F)c1)NC1CCCCC1CO. The minimum absolute atomic E-state index is 0.0326. The van der Waals surface area contributed by atoms with Crippen molar-refractivity contribution in [2.45, 2.75) is 57.1 Å². The Morgan fingerprint density at radius 3 is 2.67 bits per heavy atom. The lowest BCUT2D eigenvalue weighted by molar-refractivity contribution is 0.115. The number of anilines is 1. The number of aliphatic hydroxyl groups is 1. The van der Waals surface area contributed by atoms with Crippen LogP contribution in [0.2, 0.25) is 0 Å². The lowest BCUT2D eigenvalue weighted by Gasteiger charge is -2.30. The monoisotopic (exact) mass is 336 g/mol. The van der Waals surface area contributed by atoms with Crippen LogP contribution in [0.25, 0.3) is 0 Å². The van der Waals surface area contributed by atoms with Crippen LogP contribution in [0.15, 0.2) is 18.2 Å². The summed E-state index contributed by atoms with van der Waals surface area (Å²) in [5.74, 6) is -0.136. The van der Waals surface area contributed by atoms with Gasteiger partial charge in [0.15, 0.2) is 11.6 Å². The van der Waals surface area contributed by atoms with Crippen LogP contribution in [0.4, 0.5) is 14.9 Å². The first-order chi connectivity index (χ1) is 11.7. The topological polar surface area (TPSA) is 70.6 Å². The number of nitrogens with one attached hydrogen (secondary N) is 2. The molecule has 0 bridgehead atoms. The molecule has 3 N–H and O–H groups in total. The highest BCUT2D eigenvalue weighted by molar-refractivity contribution is 5.89. The van der Waals surface area contributed by atoms with Crippen molar-refractivity contribution in [1.82, 2.24) is 5.32 Å². The molecule has 0 radical (unpaired) electrons. The third-order valence-electron chi connectivity index (χ3n) is 5.00. The van der Waals surface area contributed by atoms with Gasteiger partial charge in [0, 0.05) is 30.3 Å². The molecule has 3 rings (SSSR count). The largest absolute Gasteiger partial charge is 0.487 e. The molecule has 2 fully saturated rings. The Balaban J connectivity index is 1.54. The quantitative estimate of drug-likeness (QED) is 0.771.